The number of rotatable bonds is 2. The molecule has 1 saturated heterocycles. The third kappa shape index (κ3) is 2.76. The van der Waals surface area contributed by atoms with Crippen molar-refractivity contribution >= 4 is 0 Å². The Balaban J connectivity index is 1.69. The van der Waals surface area contributed by atoms with E-state index in [0.29, 0.717) is 0 Å². The summed E-state index contributed by atoms with van der Waals surface area (Å²) in [5, 5.41) is 3.45. The molecule has 0 aromatic heterocycles. The van der Waals surface area contributed by atoms with Gasteiger partial charge in [-0.1, -0.05) is 0 Å². The fourth-order valence-electron chi connectivity index (χ4n) is 1.94. The highest BCUT2D eigenvalue weighted by atomic mass is 15.1. The van der Waals surface area contributed by atoms with E-state index in [-0.39, 0.29) is 0 Å². The van der Waals surface area contributed by atoms with Crippen LogP contribution in [0.2, 0.25) is 0 Å². The van der Waals surface area contributed by atoms with Crippen LogP contribution in [-0.2, 0) is 0 Å². The van der Waals surface area contributed by atoms with Crippen LogP contribution in [0.4, 0.5) is 0 Å². The molecule has 2 aliphatic rings. The fourth-order valence-corrected chi connectivity index (χ4v) is 1.94. The maximum absolute atomic E-state index is 3.45. The molecule has 0 amide bonds. The first-order valence-electron chi connectivity index (χ1n) is 5.38. The zero-order valence-electron chi connectivity index (χ0n) is 7.89. The van der Waals surface area contributed by atoms with Gasteiger partial charge in [-0.25, -0.2) is 0 Å². The zero-order chi connectivity index (χ0) is 8.23. The molecule has 12 heavy (non-hydrogen) atoms. The molecule has 2 rings (SSSR count). The summed E-state index contributed by atoms with van der Waals surface area (Å²) < 4.78 is 0. The molecule has 1 aliphatic carbocycles. The minimum atomic E-state index is 1.07. The molecule has 0 atom stereocenters. The summed E-state index contributed by atoms with van der Waals surface area (Å²) in [5.41, 5.74) is 0. The van der Waals surface area contributed by atoms with E-state index in [1.807, 2.05) is 0 Å². The molecule has 0 unspecified atom stereocenters. The lowest BCUT2D eigenvalue weighted by Gasteiger charge is -2.24. The number of hydrogen-bond acceptors (Lipinski definition) is 2. The van der Waals surface area contributed by atoms with Crippen LogP contribution < -0.4 is 5.32 Å². The highest BCUT2D eigenvalue weighted by Crippen LogP contribution is 2.29. The lowest BCUT2D eigenvalue weighted by atomic mass is 10.2. The van der Waals surface area contributed by atoms with Crippen molar-refractivity contribution in [3.63, 3.8) is 0 Å². The highest BCUT2D eigenvalue weighted by Gasteiger charge is 2.23. The van der Waals surface area contributed by atoms with E-state index in [1.54, 1.807) is 0 Å². The molecule has 1 saturated carbocycles. The van der Waals surface area contributed by atoms with Crippen LogP contribution in [0.15, 0.2) is 0 Å². The average Bonchev–Trinajstić information content (AvgIpc) is 2.78. The normalized spacial score (nSPS) is 28.0. The van der Waals surface area contributed by atoms with Gasteiger partial charge < -0.3 is 10.2 Å². The topological polar surface area (TPSA) is 15.3 Å². The Labute approximate surface area is 75.3 Å². The lowest BCUT2D eigenvalue weighted by molar-refractivity contribution is 0.243. The van der Waals surface area contributed by atoms with Crippen molar-refractivity contribution in [3.05, 3.63) is 0 Å². The van der Waals surface area contributed by atoms with Gasteiger partial charge in [0.25, 0.3) is 0 Å². The second kappa shape index (κ2) is 4.24. The van der Waals surface area contributed by atoms with Crippen LogP contribution in [0.3, 0.4) is 0 Å². The molecule has 2 fully saturated rings. The number of hydrogen-bond donors (Lipinski definition) is 1. The predicted octanol–water partition coefficient (Wildman–Crippen LogP) is 1.08. The Hall–Kier alpha value is -0.0800. The molecule has 1 heterocycles. The molecule has 0 spiro atoms. The maximum atomic E-state index is 3.45. The summed E-state index contributed by atoms with van der Waals surface area (Å²) in [6.45, 7) is 6.48. The van der Waals surface area contributed by atoms with Gasteiger partial charge in [-0.2, -0.15) is 0 Å². The summed E-state index contributed by atoms with van der Waals surface area (Å²) in [7, 11) is 0. The lowest BCUT2D eigenvalue weighted by Crippen LogP contribution is -2.35. The van der Waals surface area contributed by atoms with Gasteiger partial charge in [0.2, 0.25) is 0 Å². The van der Waals surface area contributed by atoms with Crippen molar-refractivity contribution in [3.8, 4) is 0 Å². The van der Waals surface area contributed by atoms with Gasteiger partial charge in [0.05, 0.1) is 0 Å². The molecule has 0 aromatic carbocycles. The molecule has 0 bridgehead atoms. The number of nitrogens with one attached hydrogen (secondary N) is 1. The van der Waals surface area contributed by atoms with Gasteiger partial charge in [0.15, 0.2) is 0 Å². The summed E-state index contributed by atoms with van der Waals surface area (Å²) in [4.78, 5) is 2.67. The van der Waals surface area contributed by atoms with Gasteiger partial charge in [-0.15, -0.1) is 0 Å². The molecular weight excluding hydrogens is 148 g/mol. The minimum absolute atomic E-state index is 1.07. The van der Waals surface area contributed by atoms with Crippen molar-refractivity contribution in [1.82, 2.24) is 10.2 Å². The molecule has 2 nitrogen and oxygen atoms in total. The second-order valence-corrected chi connectivity index (χ2v) is 4.20. The van der Waals surface area contributed by atoms with Crippen LogP contribution in [0, 0.1) is 5.92 Å². The van der Waals surface area contributed by atoms with Crippen molar-refractivity contribution in [2.75, 3.05) is 32.7 Å². The van der Waals surface area contributed by atoms with E-state index in [1.165, 1.54) is 58.4 Å². The molecule has 70 valence electrons. The zero-order valence-corrected chi connectivity index (χ0v) is 7.89. The summed E-state index contributed by atoms with van der Waals surface area (Å²) in [5.74, 6) is 1.07. The SMILES string of the molecule is C1CNCCCN(CC2CC2)C1. The first kappa shape index (κ1) is 8.52. The standard InChI is InChI=1S/C10H20N2/c1-5-11-6-2-8-12(7-1)9-10-3-4-10/h10-11H,1-9H2. The van der Waals surface area contributed by atoms with E-state index in [2.05, 4.69) is 10.2 Å². The summed E-state index contributed by atoms with van der Waals surface area (Å²) >= 11 is 0. The molecule has 0 aromatic rings. The van der Waals surface area contributed by atoms with Crippen molar-refractivity contribution < 1.29 is 0 Å². The van der Waals surface area contributed by atoms with Gasteiger partial charge >= 0.3 is 0 Å². The Bertz CT molecular complexity index is 124. The van der Waals surface area contributed by atoms with Crippen LogP contribution in [0.5, 0.6) is 0 Å². The van der Waals surface area contributed by atoms with Crippen molar-refractivity contribution in [2.45, 2.75) is 25.7 Å². The van der Waals surface area contributed by atoms with E-state index in [4.69, 9.17) is 0 Å². The van der Waals surface area contributed by atoms with Gasteiger partial charge in [0, 0.05) is 6.54 Å². The van der Waals surface area contributed by atoms with E-state index >= 15 is 0 Å². The van der Waals surface area contributed by atoms with Crippen LogP contribution in [0.25, 0.3) is 0 Å². The highest BCUT2D eigenvalue weighted by molar-refractivity contribution is 4.78. The van der Waals surface area contributed by atoms with E-state index < -0.39 is 0 Å². The van der Waals surface area contributed by atoms with E-state index in [0.717, 1.165) is 5.92 Å². The first-order valence-corrected chi connectivity index (χ1v) is 5.38. The third-order valence-corrected chi connectivity index (χ3v) is 2.87. The minimum Gasteiger partial charge on any atom is -0.317 e. The van der Waals surface area contributed by atoms with Crippen molar-refractivity contribution in [2.24, 2.45) is 5.92 Å². The smallest absolute Gasteiger partial charge is 0.000968 e. The van der Waals surface area contributed by atoms with Gasteiger partial charge in [0.1, 0.15) is 0 Å². The third-order valence-electron chi connectivity index (χ3n) is 2.87. The Kier molecular flexibility index (Phi) is 3.01. The monoisotopic (exact) mass is 168 g/mol. The van der Waals surface area contributed by atoms with Crippen LogP contribution >= 0.6 is 0 Å². The largest absolute Gasteiger partial charge is 0.317 e. The maximum Gasteiger partial charge on any atom is 0.000968 e. The molecule has 0 radical (unpaired) electrons. The average molecular weight is 168 g/mol. The Morgan fingerprint density at radius 2 is 1.75 bits per heavy atom. The van der Waals surface area contributed by atoms with Crippen LogP contribution in [0.1, 0.15) is 25.7 Å². The Morgan fingerprint density at radius 3 is 2.33 bits per heavy atom. The molecular formula is C10H20N2. The van der Waals surface area contributed by atoms with Crippen molar-refractivity contribution in [1.29, 1.82) is 0 Å². The fraction of sp³-hybridized carbons (Fsp3) is 1.00. The second-order valence-electron chi connectivity index (χ2n) is 4.20. The first-order chi connectivity index (χ1) is 5.95. The number of nitrogens with zero attached hydrogens (tertiary/aromatic N) is 1. The van der Waals surface area contributed by atoms with Gasteiger partial charge in [-0.3, -0.25) is 0 Å². The predicted molar refractivity (Wildman–Crippen MR) is 51.3 cm³/mol. The molecule has 1 N–H and O–H groups in total. The van der Waals surface area contributed by atoms with Crippen LogP contribution in [-0.4, -0.2) is 37.6 Å². The quantitative estimate of drug-likeness (QED) is 0.664. The molecule has 2 heteroatoms. The summed E-state index contributed by atoms with van der Waals surface area (Å²) in [6, 6.07) is 0. The van der Waals surface area contributed by atoms with Gasteiger partial charge in [-0.05, 0) is 57.8 Å². The summed E-state index contributed by atoms with van der Waals surface area (Å²) in [6.07, 6.45) is 5.67. The van der Waals surface area contributed by atoms with E-state index in [9.17, 15) is 0 Å². The Morgan fingerprint density at radius 1 is 1.08 bits per heavy atom. The molecule has 1 aliphatic heterocycles.